The molecule has 0 spiro atoms. The van der Waals surface area contributed by atoms with Crippen LogP contribution < -0.4 is 5.56 Å². The summed E-state index contributed by atoms with van der Waals surface area (Å²) in [6.45, 7) is 1.95. The van der Waals surface area contributed by atoms with Gasteiger partial charge in [0.15, 0.2) is 5.65 Å². The van der Waals surface area contributed by atoms with Gasteiger partial charge in [-0.05, 0) is 6.92 Å². The quantitative estimate of drug-likeness (QED) is 0.619. The summed E-state index contributed by atoms with van der Waals surface area (Å²) >= 11 is 1.54. The normalized spacial score (nSPS) is 11.1. The Morgan fingerprint density at radius 1 is 1.18 bits per heavy atom. The molecular weight excluding hydrogens is 296 g/mol. The summed E-state index contributed by atoms with van der Waals surface area (Å²) in [7, 11) is 0. The Balaban J connectivity index is 1.98. The highest BCUT2D eigenvalue weighted by Gasteiger charge is 2.13. The largest absolute Gasteiger partial charge is 0.296 e. The Morgan fingerprint density at radius 3 is 2.73 bits per heavy atom. The molecule has 0 amide bonds. The smallest absolute Gasteiger partial charge is 0.273 e. The van der Waals surface area contributed by atoms with E-state index in [1.54, 1.807) is 17.5 Å². The van der Waals surface area contributed by atoms with Crippen LogP contribution >= 0.6 is 11.3 Å². The maximum absolute atomic E-state index is 12.3. The van der Waals surface area contributed by atoms with Crippen molar-refractivity contribution in [2.75, 3.05) is 0 Å². The molecule has 5 nitrogen and oxygen atoms in total. The van der Waals surface area contributed by atoms with Crippen LogP contribution in [0.5, 0.6) is 0 Å². The second kappa shape index (κ2) is 4.92. The van der Waals surface area contributed by atoms with Gasteiger partial charge in [-0.1, -0.05) is 30.3 Å². The van der Waals surface area contributed by atoms with Crippen molar-refractivity contribution in [3.63, 3.8) is 0 Å². The van der Waals surface area contributed by atoms with Gasteiger partial charge in [-0.2, -0.15) is 0 Å². The van der Waals surface area contributed by atoms with E-state index in [0.29, 0.717) is 11.3 Å². The SMILES string of the molecule is Cc1csc(-c2c[nH]n3c(=O)cc(-c4ccccc4)nc23)n1. The summed E-state index contributed by atoms with van der Waals surface area (Å²) in [6, 6.07) is 11.2. The molecule has 1 N–H and O–H groups in total. The monoisotopic (exact) mass is 308 g/mol. The summed E-state index contributed by atoms with van der Waals surface area (Å²) in [6.07, 6.45) is 1.77. The highest BCUT2D eigenvalue weighted by atomic mass is 32.1. The van der Waals surface area contributed by atoms with E-state index in [0.717, 1.165) is 21.8 Å². The number of benzene rings is 1. The lowest BCUT2D eigenvalue weighted by Crippen LogP contribution is -2.14. The summed E-state index contributed by atoms with van der Waals surface area (Å²) < 4.78 is 1.44. The zero-order valence-corrected chi connectivity index (χ0v) is 12.6. The molecule has 0 radical (unpaired) electrons. The minimum absolute atomic E-state index is 0.136. The van der Waals surface area contributed by atoms with Gasteiger partial charge in [0.05, 0.1) is 11.3 Å². The molecule has 3 heterocycles. The second-order valence-corrected chi connectivity index (χ2v) is 5.84. The van der Waals surface area contributed by atoms with Gasteiger partial charge in [-0.25, -0.2) is 14.5 Å². The molecule has 0 aliphatic carbocycles. The van der Waals surface area contributed by atoms with Gasteiger partial charge in [-0.3, -0.25) is 9.89 Å². The van der Waals surface area contributed by atoms with Gasteiger partial charge < -0.3 is 0 Å². The van der Waals surface area contributed by atoms with Gasteiger partial charge in [0, 0.05) is 28.9 Å². The van der Waals surface area contributed by atoms with E-state index in [4.69, 9.17) is 0 Å². The Morgan fingerprint density at radius 2 is 2.00 bits per heavy atom. The van der Waals surface area contributed by atoms with Crippen molar-refractivity contribution in [1.29, 1.82) is 0 Å². The standard InChI is InChI=1S/C16H12N4OS/c1-10-9-22-16(18-10)12-8-17-20-14(21)7-13(19-15(12)20)11-5-3-2-4-6-11/h2-9,17H,1H3. The van der Waals surface area contributed by atoms with Gasteiger partial charge in [0.2, 0.25) is 0 Å². The van der Waals surface area contributed by atoms with Crippen LogP contribution in [-0.2, 0) is 0 Å². The zero-order valence-electron chi connectivity index (χ0n) is 11.8. The first-order valence-corrected chi connectivity index (χ1v) is 7.69. The fraction of sp³-hybridized carbons (Fsp3) is 0.0625. The molecule has 0 aliphatic rings. The van der Waals surface area contributed by atoms with Crippen LogP contribution in [0.1, 0.15) is 5.69 Å². The maximum Gasteiger partial charge on any atom is 0.273 e. The third kappa shape index (κ3) is 2.05. The number of aromatic amines is 1. The van der Waals surface area contributed by atoms with Crippen molar-refractivity contribution in [2.45, 2.75) is 6.92 Å². The third-order valence-electron chi connectivity index (χ3n) is 3.42. The van der Waals surface area contributed by atoms with Crippen molar-refractivity contribution >= 4 is 17.0 Å². The molecule has 0 unspecified atom stereocenters. The highest BCUT2D eigenvalue weighted by Crippen LogP contribution is 2.27. The molecule has 108 valence electrons. The highest BCUT2D eigenvalue weighted by molar-refractivity contribution is 7.13. The van der Waals surface area contributed by atoms with Gasteiger partial charge >= 0.3 is 0 Å². The van der Waals surface area contributed by atoms with Crippen LogP contribution in [0.25, 0.3) is 27.5 Å². The molecule has 4 rings (SSSR count). The fourth-order valence-corrected chi connectivity index (χ4v) is 3.18. The first kappa shape index (κ1) is 13.0. The van der Waals surface area contributed by atoms with Crippen LogP contribution in [0.15, 0.2) is 52.8 Å². The minimum Gasteiger partial charge on any atom is -0.296 e. The summed E-state index contributed by atoms with van der Waals surface area (Å²) in [5.74, 6) is 0. The van der Waals surface area contributed by atoms with E-state index >= 15 is 0 Å². The maximum atomic E-state index is 12.3. The van der Waals surface area contributed by atoms with E-state index in [1.165, 1.54) is 10.6 Å². The number of hydrogen-bond acceptors (Lipinski definition) is 4. The number of H-pyrrole nitrogens is 1. The van der Waals surface area contributed by atoms with Crippen molar-refractivity contribution in [2.24, 2.45) is 0 Å². The third-order valence-corrected chi connectivity index (χ3v) is 4.41. The van der Waals surface area contributed by atoms with E-state index < -0.39 is 0 Å². The number of rotatable bonds is 2. The number of nitrogens with zero attached hydrogens (tertiary/aromatic N) is 3. The molecule has 0 saturated heterocycles. The zero-order chi connectivity index (χ0) is 15.1. The van der Waals surface area contributed by atoms with Gasteiger partial charge in [0.1, 0.15) is 5.01 Å². The van der Waals surface area contributed by atoms with Gasteiger partial charge in [-0.15, -0.1) is 11.3 Å². The van der Waals surface area contributed by atoms with Crippen molar-refractivity contribution in [3.05, 3.63) is 64.0 Å². The lowest BCUT2D eigenvalue weighted by molar-refractivity contribution is 0.901. The topological polar surface area (TPSA) is 63.0 Å². The summed E-state index contributed by atoms with van der Waals surface area (Å²) in [4.78, 5) is 21.4. The first-order chi connectivity index (χ1) is 10.7. The van der Waals surface area contributed by atoms with E-state index in [-0.39, 0.29) is 5.56 Å². The minimum atomic E-state index is -0.136. The van der Waals surface area contributed by atoms with Crippen LogP contribution in [0.4, 0.5) is 0 Å². The van der Waals surface area contributed by atoms with Crippen LogP contribution in [0.2, 0.25) is 0 Å². The molecule has 4 aromatic rings. The van der Waals surface area contributed by atoms with Crippen LogP contribution in [-0.4, -0.2) is 19.6 Å². The van der Waals surface area contributed by atoms with E-state index in [1.807, 2.05) is 42.6 Å². The number of aryl methyl sites for hydroxylation is 1. The molecular formula is C16H12N4OS. The van der Waals surface area contributed by atoms with Crippen LogP contribution in [0.3, 0.4) is 0 Å². The average molecular weight is 308 g/mol. The predicted octanol–water partition coefficient (Wildman–Crippen LogP) is 3.12. The fourth-order valence-electron chi connectivity index (χ4n) is 2.37. The molecule has 1 aromatic carbocycles. The van der Waals surface area contributed by atoms with Gasteiger partial charge in [0.25, 0.3) is 5.56 Å². The van der Waals surface area contributed by atoms with Crippen LogP contribution in [0, 0.1) is 6.92 Å². The first-order valence-electron chi connectivity index (χ1n) is 6.81. The molecule has 6 heteroatoms. The number of thiazole rings is 1. The Kier molecular flexibility index (Phi) is 2.90. The lowest BCUT2D eigenvalue weighted by Gasteiger charge is -2.01. The molecule has 0 fully saturated rings. The Hall–Kier alpha value is -2.73. The number of aromatic nitrogens is 4. The lowest BCUT2D eigenvalue weighted by atomic mass is 10.1. The molecule has 0 bridgehead atoms. The Labute approximate surface area is 129 Å². The van der Waals surface area contributed by atoms with E-state index in [2.05, 4.69) is 15.1 Å². The number of nitrogens with one attached hydrogen (secondary N) is 1. The number of hydrogen-bond donors (Lipinski definition) is 1. The molecule has 3 aromatic heterocycles. The molecule has 22 heavy (non-hydrogen) atoms. The van der Waals surface area contributed by atoms with Crippen molar-refractivity contribution in [3.8, 4) is 21.8 Å². The van der Waals surface area contributed by atoms with Crippen molar-refractivity contribution in [1.82, 2.24) is 19.6 Å². The molecule has 0 saturated carbocycles. The molecule has 0 aliphatic heterocycles. The molecule has 0 atom stereocenters. The summed E-state index contributed by atoms with van der Waals surface area (Å²) in [5, 5.41) is 5.79. The van der Waals surface area contributed by atoms with E-state index in [9.17, 15) is 4.79 Å². The Bertz CT molecular complexity index is 1010. The number of fused-ring (bicyclic) bond motifs is 1. The predicted molar refractivity (Wildman–Crippen MR) is 87.1 cm³/mol. The summed E-state index contributed by atoms with van der Waals surface area (Å²) in [5.41, 5.74) is 3.85. The average Bonchev–Trinajstić information content (AvgIpc) is 3.14. The van der Waals surface area contributed by atoms with Crippen molar-refractivity contribution < 1.29 is 0 Å². The second-order valence-electron chi connectivity index (χ2n) is 4.99.